The number of aromatic hydroxyl groups is 1. The van der Waals surface area contributed by atoms with E-state index in [0.717, 1.165) is 52.0 Å². The molecular weight excluding hydrogens is 610 g/mol. The Bertz CT molecular complexity index is 2080. The highest BCUT2D eigenvalue weighted by molar-refractivity contribution is 5.96. The summed E-state index contributed by atoms with van der Waals surface area (Å²) in [5.74, 6) is 0.515. The van der Waals surface area contributed by atoms with Gasteiger partial charge in [-0.15, -0.1) is 10.2 Å². The van der Waals surface area contributed by atoms with E-state index in [1.54, 1.807) is 36.4 Å². The van der Waals surface area contributed by atoms with Crippen molar-refractivity contribution < 1.29 is 24.5 Å². The maximum atomic E-state index is 12.7. The van der Waals surface area contributed by atoms with Crippen LogP contribution in [0.2, 0.25) is 0 Å². The van der Waals surface area contributed by atoms with E-state index in [0.29, 0.717) is 28.7 Å². The molecule has 12 nitrogen and oxygen atoms in total. The standard InChI is InChI=1S/C36H33N7O5/c44-28-8-4-5-23(18-28)30-15-11-25(36(47)37-20-33(45)46)17-26(30)21-48-29-13-9-22(10-14-29)35-38-31-19-24(34-39-41-42-40-34)12-16-32(31)43(35)27-6-2-1-3-7-27/h4-5,8-19,27,44H,1-3,6-7,20-21H2,(H,37,47)(H,45,46)(H,39,40,41,42). The van der Waals surface area contributed by atoms with Crippen LogP contribution < -0.4 is 10.1 Å². The third-order valence-electron chi connectivity index (χ3n) is 8.66. The normalized spacial score (nSPS) is 13.4. The first kappa shape index (κ1) is 30.6. The van der Waals surface area contributed by atoms with Gasteiger partial charge in [-0.25, -0.2) is 4.98 Å². The van der Waals surface area contributed by atoms with Crippen LogP contribution in [0.3, 0.4) is 0 Å². The van der Waals surface area contributed by atoms with Crippen molar-refractivity contribution in [3.8, 4) is 45.4 Å². The number of phenolic OH excluding ortho intramolecular Hbond substituents is 1. The lowest BCUT2D eigenvalue weighted by Gasteiger charge is -2.25. The summed E-state index contributed by atoms with van der Waals surface area (Å²) in [6.07, 6.45) is 5.81. The molecule has 242 valence electrons. The number of carbonyl (C=O) groups is 2. The van der Waals surface area contributed by atoms with E-state index in [9.17, 15) is 14.7 Å². The molecule has 7 rings (SSSR count). The van der Waals surface area contributed by atoms with Crippen molar-refractivity contribution in [3.63, 3.8) is 0 Å². The number of nitrogens with zero attached hydrogens (tertiary/aromatic N) is 5. The highest BCUT2D eigenvalue weighted by Gasteiger charge is 2.23. The van der Waals surface area contributed by atoms with Crippen LogP contribution in [0.1, 0.15) is 54.1 Å². The molecule has 0 radical (unpaired) electrons. The zero-order chi connectivity index (χ0) is 33.0. The van der Waals surface area contributed by atoms with Crippen LogP contribution in [-0.4, -0.2) is 58.8 Å². The molecule has 0 saturated heterocycles. The number of tetrazole rings is 1. The Morgan fingerprint density at radius 2 is 1.73 bits per heavy atom. The molecule has 1 aliphatic rings. The number of carboxylic acids is 1. The van der Waals surface area contributed by atoms with Gasteiger partial charge in [0, 0.05) is 22.7 Å². The van der Waals surface area contributed by atoms with E-state index in [-0.39, 0.29) is 12.4 Å². The van der Waals surface area contributed by atoms with Crippen molar-refractivity contribution >= 4 is 22.9 Å². The van der Waals surface area contributed by atoms with Gasteiger partial charge in [0.05, 0.1) is 11.0 Å². The summed E-state index contributed by atoms with van der Waals surface area (Å²) in [4.78, 5) is 28.7. The van der Waals surface area contributed by atoms with E-state index in [2.05, 4.69) is 36.6 Å². The Balaban J connectivity index is 1.17. The number of aromatic amines is 1. The van der Waals surface area contributed by atoms with Crippen molar-refractivity contribution in [2.24, 2.45) is 0 Å². The zero-order valence-corrected chi connectivity index (χ0v) is 26.0. The second kappa shape index (κ2) is 13.4. The van der Waals surface area contributed by atoms with Gasteiger partial charge in [-0.2, -0.15) is 5.21 Å². The first-order valence-electron chi connectivity index (χ1n) is 15.8. The quantitative estimate of drug-likeness (QED) is 0.137. The molecule has 4 aromatic carbocycles. The highest BCUT2D eigenvalue weighted by atomic mass is 16.5. The van der Waals surface area contributed by atoms with Gasteiger partial charge in [0.25, 0.3) is 5.91 Å². The number of hydrogen-bond donors (Lipinski definition) is 4. The number of benzene rings is 4. The first-order chi connectivity index (χ1) is 23.4. The molecule has 0 unspecified atom stereocenters. The van der Waals surface area contributed by atoms with Crippen LogP contribution >= 0.6 is 0 Å². The van der Waals surface area contributed by atoms with Gasteiger partial charge < -0.3 is 24.8 Å². The largest absolute Gasteiger partial charge is 0.508 e. The van der Waals surface area contributed by atoms with Crippen LogP contribution in [0.5, 0.6) is 11.5 Å². The number of phenols is 1. The molecule has 6 aromatic rings. The Labute approximate surface area is 275 Å². The fourth-order valence-electron chi connectivity index (χ4n) is 6.36. The van der Waals surface area contributed by atoms with E-state index in [4.69, 9.17) is 14.8 Å². The maximum Gasteiger partial charge on any atom is 0.322 e. The summed E-state index contributed by atoms with van der Waals surface area (Å²) in [5, 5.41) is 35.9. The summed E-state index contributed by atoms with van der Waals surface area (Å²) in [6, 6.07) is 26.2. The number of H-pyrrole nitrogens is 1. The van der Waals surface area contributed by atoms with Gasteiger partial charge in [-0.3, -0.25) is 9.59 Å². The number of carbonyl (C=O) groups excluding carboxylic acids is 1. The Morgan fingerprint density at radius 3 is 2.48 bits per heavy atom. The Hall–Kier alpha value is -6.04. The topological polar surface area (TPSA) is 168 Å². The molecule has 12 heteroatoms. The van der Waals surface area contributed by atoms with Gasteiger partial charge in [0.15, 0.2) is 0 Å². The molecule has 0 aliphatic heterocycles. The van der Waals surface area contributed by atoms with E-state index in [1.165, 1.54) is 19.3 Å². The lowest BCUT2D eigenvalue weighted by atomic mass is 9.95. The summed E-state index contributed by atoms with van der Waals surface area (Å²) in [5.41, 5.74) is 6.27. The number of nitrogens with one attached hydrogen (secondary N) is 2. The van der Waals surface area contributed by atoms with Crippen LogP contribution in [0.25, 0.3) is 44.9 Å². The van der Waals surface area contributed by atoms with Crippen LogP contribution in [0.15, 0.2) is 84.9 Å². The van der Waals surface area contributed by atoms with E-state index >= 15 is 0 Å². The number of imidazole rings is 1. The highest BCUT2D eigenvalue weighted by Crippen LogP contribution is 2.37. The minimum absolute atomic E-state index is 0.114. The van der Waals surface area contributed by atoms with Gasteiger partial charge >= 0.3 is 5.97 Å². The van der Waals surface area contributed by atoms with Crippen molar-refractivity contribution in [2.45, 2.75) is 44.8 Å². The number of ether oxygens (including phenoxy) is 1. The average Bonchev–Trinajstić information content (AvgIpc) is 3.79. The molecule has 0 bridgehead atoms. The van der Waals surface area contributed by atoms with E-state index in [1.807, 2.05) is 42.5 Å². The molecule has 0 spiro atoms. The molecule has 0 atom stereocenters. The minimum atomic E-state index is -1.13. The third-order valence-corrected chi connectivity index (χ3v) is 8.66. The first-order valence-corrected chi connectivity index (χ1v) is 15.8. The molecule has 2 aromatic heterocycles. The Morgan fingerprint density at radius 1 is 0.917 bits per heavy atom. The second-order valence-corrected chi connectivity index (χ2v) is 11.8. The third kappa shape index (κ3) is 6.45. The van der Waals surface area contributed by atoms with Gasteiger partial charge in [0.2, 0.25) is 5.82 Å². The molecule has 1 fully saturated rings. The van der Waals surface area contributed by atoms with Crippen LogP contribution in [-0.2, 0) is 11.4 Å². The SMILES string of the molecule is O=C(O)CNC(=O)c1ccc(-c2cccc(O)c2)c(COc2ccc(-c3nc4cc(-c5nn[nH]n5)ccc4n3C3CCCCC3)cc2)c1. The number of rotatable bonds is 10. The maximum absolute atomic E-state index is 12.7. The summed E-state index contributed by atoms with van der Waals surface area (Å²) in [6.45, 7) is -0.357. The Kier molecular flexibility index (Phi) is 8.52. The fourth-order valence-corrected chi connectivity index (χ4v) is 6.36. The fraction of sp³-hybridized carbons (Fsp3) is 0.222. The number of aromatic nitrogens is 6. The number of amides is 1. The van der Waals surface area contributed by atoms with Crippen molar-refractivity contribution in [1.29, 1.82) is 0 Å². The molecule has 48 heavy (non-hydrogen) atoms. The van der Waals surface area contributed by atoms with Gasteiger partial charge in [-0.05, 0) is 101 Å². The summed E-state index contributed by atoms with van der Waals surface area (Å²) < 4.78 is 8.60. The molecular formula is C36H33N7O5. The second-order valence-electron chi connectivity index (χ2n) is 11.8. The number of carboxylic acid groups (broad SMARTS) is 1. The smallest absolute Gasteiger partial charge is 0.322 e. The molecule has 1 amide bonds. The van der Waals surface area contributed by atoms with Crippen LogP contribution in [0, 0.1) is 0 Å². The minimum Gasteiger partial charge on any atom is -0.508 e. The number of aliphatic carboxylic acids is 1. The predicted octanol–water partition coefficient (Wildman–Crippen LogP) is 6.15. The average molecular weight is 644 g/mol. The number of hydrogen-bond acceptors (Lipinski definition) is 8. The van der Waals surface area contributed by atoms with Crippen molar-refractivity contribution in [1.82, 2.24) is 35.5 Å². The summed E-state index contributed by atoms with van der Waals surface area (Å²) in [7, 11) is 0. The molecule has 1 saturated carbocycles. The monoisotopic (exact) mass is 643 g/mol. The predicted molar refractivity (Wildman–Crippen MR) is 178 cm³/mol. The van der Waals surface area contributed by atoms with Crippen LogP contribution in [0.4, 0.5) is 0 Å². The lowest BCUT2D eigenvalue weighted by Crippen LogP contribution is -2.29. The zero-order valence-electron chi connectivity index (χ0n) is 26.0. The van der Waals surface area contributed by atoms with Crippen molar-refractivity contribution in [2.75, 3.05) is 6.54 Å². The molecule has 2 heterocycles. The molecule has 4 N–H and O–H groups in total. The lowest BCUT2D eigenvalue weighted by molar-refractivity contribution is -0.135. The van der Waals surface area contributed by atoms with E-state index < -0.39 is 18.4 Å². The van der Waals surface area contributed by atoms with Crippen molar-refractivity contribution in [3.05, 3.63) is 96.1 Å². The van der Waals surface area contributed by atoms with Gasteiger partial charge in [-0.1, -0.05) is 37.5 Å². The number of fused-ring (bicyclic) bond motifs is 1. The molecule has 1 aliphatic carbocycles. The van der Waals surface area contributed by atoms with Gasteiger partial charge in [0.1, 0.15) is 30.5 Å². The summed E-state index contributed by atoms with van der Waals surface area (Å²) >= 11 is 0.